The number of hydrogen-bond acceptors (Lipinski definition) is 4. The molecule has 0 saturated heterocycles. The van der Waals surface area contributed by atoms with Crippen molar-refractivity contribution in [3.8, 4) is 0 Å². The molecule has 1 rings (SSSR count). The summed E-state index contributed by atoms with van der Waals surface area (Å²) >= 11 is 0. The van der Waals surface area contributed by atoms with Crippen LogP contribution in [0.5, 0.6) is 0 Å². The molecule has 3 unspecified atom stereocenters. The number of ether oxygens (including phenoxy) is 3. The molecule has 90 valence electrons. The van der Waals surface area contributed by atoms with E-state index in [1.807, 2.05) is 7.05 Å². The fraction of sp³-hybridized carbons (Fsp3) is 1.00. The Morgan fingerprint density at radius 3 is 2.67 bits per heavy atom. The smallest absolute Gasteiger partial charge is 0.0986 e. The zero-order valence-electron chi connectivity index (χ0n) is 9.99. The van der Waals surface area contributed by atoms with Crippen molar-refractivity contribution in [2.75, 3.05) is 34.0 Å². The first-order valence-corrected chi connectivity index (χ1v) is 5.72. The van der Waals surface area contributed by atoms with Crippen LogP contribution in [0.25, 0.3) is 0 Å². The van der Waals surface area contributed by atoms with E-state index < -0.39 is 0 Å². The molecule has 4 nitrogen and oxygen atoms in total. The lowest BCUT2D eigenvalue weighted by Crippen LogP contribution is -2.59. The van der Waals surface area contributed by atoms with Gasteiger partial charge in [0.2, 0.25) is 0 Å². The van der Waals surface area contributed by atoms with E-state index in [-0.39, 0.29) is 12.2 Å². The zero-order valence-corrected chi connectivity index (χ0v) is 9.99. The second-order valence-electron chi connectivity index (χ2n) is 3.85. The number of methoxy groups -OCH3 is 1. The lowest BCUT2D eigenvalue weighted by molar-refractivity contribution is -0.139. The van der Waals surface area contributed by atoms with E-state index >= 15 is 0 Å². The van der Waals surface area contributed by atoms with E-state index in [2.05, 4.69) is 12.2 Å². The highest BCUT2D eigenvalue weighted by molar-refractivity contribution is 4.96. The van der Waals surface area contributed by atoms with Gasteiger partial charge in [0.15, 0.2) is 0 Å². The van der Waals surface area contributed by atoms with Gasteiger partial charge < -0.3 is 19.5 Å². The maximum Gasteiger partial charge on any atom is 0.0986 e. The highest BCUT2D eigenvalue weighted by Gasteiger charge is 2.41. The van der Waals surface area contributed by atoms with Gasteiger partial charge in [0, 0.05) is 19.8 Å². The Balaban J connectivity index is 2.02. The predicted molar refractivity (Wildman–Crippen MR) is 59.1 cm³/mol. The fourth-order valence-corrected chi connectivity index (χ4v) is 1.85. The number of hydrogen-bond donors (Lipinski definition) is 1. The fourth-order valence-electron chi connectivity index (χ4n) is 1.85. The molecule has 1 aliphatic carbocycles. The molecule has 0 spiro atoms. The monoisotopic (exact) mass is 217 g/mol. The number of nitrogens with one attached hydrogen (secondary N) is 1. The van der Waals surface area contributed by atoms with Gasteiger partial charge in [-0.05, 0) is 19.9 Å². The zero-order chi connectivity index (χ0) is 11.1. The number of likely N-dealkylation sites (N-methyl/N-ethyl adjacent to an activating group) is 1. The Kier molecular flexibility index (Phi) is 6.17. The van der Waals surface area contributed by atoms with E-state index in [1.165, 1.54) is 0 Å². The second kappa shape index (κ2) is 7.17. The van der Waals surface area contributed by atoms with Crippen LogP contribution >= 0.6 is 0 Å². The molecule has 1 fully saturated rings. The van der Waals surface area contributed by atoms with Gasteiger partial charge in [-0.1, -0.05) is 6.92 Å². The molecule has 1 N–H and O–H groups in total. The lowest BCUT2D eigenvalue weighted by atomic mass is 9.85. The first-order chi connectivity index (χ1) is 7.33. The van der Waals surface area contributed by atoms with Crippen LogP contribution in [-0.2, 0) is 14.2 Å². The van der Waals surface area contributed by atoms with Crippen LogP contribution in [0.4, 0.5) is 0 Å². The van der Waals surface area contributed by atoms with Crippen molar-refractivity contribution in [3.63, 3.8) is 0 Å². The second-order valence-corrected chi connectivity index (χ2v) is 3.85. The molecule has 1 saturated carbocycles. The van der Waals surface area contributed by atoms with Crippen molar-refractivity contribution >= 4 is 0 Å². The third-order valence-electron chi connectivity index (χ3n) is 2.80. The summed E-state index contributed by atoms with van der Waals surface area (Å²) < 4.78 is 16.4. The molecule has 0 heterocycles. The van der Waals surface area contributed by atoms with E-state index in [9.17, 15) is 0 Å². The van der Waals surface area contributed by atoms with Crippen LogP contribution in [-0.4, -0.2) is 52.2 Å². The Morgan fingerprint density at radius 1 is 1.27 bits per heavy atom. The molecule has 1 aliphatic rings. The lowest BCUT2D eigenvalue weighted by Gasteiger charge is -2.42. The van der Waals surface area contributed by atoms with Crippen LogP contribution in [0.15, 0.2) is 0 Å². The van der Waals surface area contributed by atoms with E-state index in [0.717, 1.165) is 19.4 Å². The highest BCUT2D eigenvalue weighted by atomic mass is 16.6. The van der Waals surface area contributed by atoms with Crippen LogP contribution < -0.4 is 5.32 Å². The third-order valence-corrected chi connectivity index (χ3v) is 2.80. The Bertz CT molecular complexity index is 166. The average Bonchev–Trinajstić information content (AvgIpc) is 2.22. The molecule has 0 aromatic carbocycles. The summed E-state index contributed by atoms with van der Waals surface area (Å²) in [6.07, 6.45) is 2.52. The number of rotatable bonds is 8. The highest BCUT2D eigenvalue weighted by Crippen LogP contribution is 2.26. The van der Waals surface area contributed by atoms with Crippen LogP contribution in [0.3, 0.4) is 0 Å². The van der Waals surface area contributed by atoms with Gasteiger partial charge in [0.1, 0.15) is 0 Å². The molecular formula is C11H23NO3. The summed E-state index contributed by atoms with van der Waals surface area (Å²) in [4.78, 5) is 0. The van der Waals surface area contributed by atoms with Crippen molar-refractivity contribution in [2.24, 2.45) is 0 Å². The quantitative estimate of drug-likeness (QED) is 0.611. The Hall–Kier alpha value is -0.160. The molecule has 15 heavy (non-hydrogen) atoms. The molecule has 0 amide bonds. The van der Waals surface area contributed by atoms with E-state index in [1.54, 1.807) is 7.11 Å². The van der Waals surface area contributed by atoms with Gasteiger partial charge in [-0.3, -0.25) is 0 Å². The first-order valence-electron chi connectivity index (χ1n) is 5.72. The Morgan fingerprint density at radius 2 is 2.07 bits per heavy atom. The minimum Gasteiger partial charge on any atom is -0.379 e. The minimum atomic E-state index is 0.196. The molecule has 0 aromatic rings. The summed E-state index contributed by atoms with van der Waals surface area (Å²) in [7, 11) is 3.69. The molecule has 3 atom stereocenters. The summed E-state index contributed by atoms with van der Waals surface area (Å²) in [5.41, 5.74) is 0. The van der Waals surface area contributed by atoms with Crippen LogP contribution in [0.1, 0.15) is 19.8 Å². The summed E-state index contributed by atoms with van der Waals surface area (Å²) in [6, 6.07) is 0.441. The van der Waals surface area contributed by atoms with Crippen molar-refractivity contribution < 1.29 is 14.2 Å². The van der Waals surface area contributed by atoms with Crippen LogP contribution in [0.2, 0.25) is 0 Å². The summed E-state index contributed by atoms with van der Waals surface area (Å²) in [5.74, 6) is 0. The van der Waals surface area contributed by atoms with Crippen molar-refractivity contribution in [3.05, 3.63) is 0 Å². The standard InChI is InChI=1S/C11H23NO3/c1-4-5-14-6-7-15-10-8-9(12-2)11(10)13-3/h9-12H,4-8H2,1-3H3. The van der Waals surface area contributed by atoms with Crippen LogP contribution in [0, 0.1) is 0 Å². The molecule has 0 aliphatic heterocycles. The maximum absolute atomic E-state index is 5.67. The Labute approximate surface area is 92.3 Å². The van der Waals surface area contributed by atoms with Gasteiger partial charge in [-0.25, -0.2) is 0 Å². The van der Waals surface area contributed by atoms with E-state index in [4.69, 9.17) is 14.2 Å². The maximum atomic E-state index is 5.67. The minimum absolute atomic E-state index is 0.196. The van der Waals surface area contributed by atoms with Gasteiger partial charge >= 0.3 is 0 Å². The summed E-state index contributed by atoms with van der Waals surface area (Å²) in [6.45, 7) is 4.28. The van der Waals surface area contributed by atoms with Gasteiger partial charge in [0.05, 0.1) is 25.4 Å². The summed E-state index contributed by atoms with van der Waals surface area (Å²) in [5, 5.41) is 3.21. The van der Waals surface area contributed by atoms with Crippen molar-refractivity contribution in [1.82, 2.24) is 5.32 Å². The molecule has 4 heteroatoms. The topological polar surface area (TPSA) is 39.7 Å². The third kappa shape index (κ3) is 3.72. The molecular weight excluding hydrogens is 194 g/mol. The van der Waals surface area contributed by atoms with Crippen molar-refractivity contribution in [2.45, 2.75) is 38.0 Å². The molecule has 0 aromatic heterocycles. The van der Waals surface area contributed by atoms with Gasteiger partial charge in [-0.2, -0.15) is 0 Å². The van der Waals surface area contributed by atoms with Crippen molar-refractivity contribution in [1.29, 1.82) is 0 Å². The predicted octanol–water partition coefficient (Wildman–Crippen LogP) is 0.805. The van der Waals surface area contributed by atoms with E-state index in [0.29, 0.717) is 19.3 Å². The van der Waals surface area contributed by atoms with Gasteiger partial charge in [-0.15, -0.1) is 0 Å². The first kappa shape index (κ1) is 12.9. The van der Waals surface area contributed by atoms with Gasteiger partial charge in [0.25, 0.3) is 0 Å². The SMILES string of the molecule is CCCOCCOC1CC(NC)C1OC. The normalized spacial score (nSPS) is 30.2. The molecule has 0 bridgehead atoms. The molecule has 0 radical (unpaired) electrons. The average molecular weight is 217 g/mol. The largest absolute Gasteiger partial charge is 0.379 e.